The van der Waals surface area contributed by atoms with Gasteiger partial charge in [-0.25, -0.2) is 0 Å². The molecule has 0 saturated heterocycles. The van der Waals surface area contributed by atoms with Crippen LogP contribution >= 0.6 is 24.0 Å². The minimum Gasteiger partial charge on any atom is -0.385 e. The van der Waals surface area contributed by atoms with Gasteiger partial charge in [-0.1, -0.05) is 0 Å². The lowest BCUT2D eigenvalue weighted by Gasteiger charge is -2.11. The molecule has 0 amide bonds. The Labute approximate surface area is 138 Å². The van der Waals surface area contributed by atoms with Crippen molar-refractivity contribution in [3.8, 4) is 0 Å². The van der Waals surface area contributed by atoms with Crippen molar-refractivity contribution in [2.75, 3.05) is 33.4 Å². The number of nitrogens with zero attached hydrogens (tertiary/aromatic N) is 3. The first kappa shape index (κ1) is 19.2. The molecule has 6 nitrogen and oxygen atoms in total. The molecule has 2 N–H and O–H groups in total. The van der Waals surface area contributed by atoms with Crippen molar-refractivity contribution in [1.82, 2.24) is 20.4 Å². The van der Waals surface area contributed by atoms with Gasteiger partial charge < -0.3 is 15.4 Å². The molecule has 0 aromatic carbocycles. The molecular formula is C13H26IN5O. The summed E-state index contributed by atoms with van der Waals surface area (Å²) in [4.78, 5) is 4.47. The van der Waals surface area contributed by atoms with E-state index in [1.54, 1.807) is 7.11 Å². The van der Waals surface area contributed by atoms with Crippen molar-refractivity contribution in [1.29, 1.82) is 0 Å². The zero-order valence-corrected chi connectivity index (χ0v) is 14.9. The fraction of sp³-hybridized carbons (Fsp3) is 0.692. The third-order valence-corrected chi connectivity index (χ3v) is 2.52. The fourth-order valence-electron chi connectivity index (χ4n) is 1.62. The van der Waals surface area contributed by atoms with Gasteiger partial charge in [0.2, 0.25) is 0 Å². The molecule has 7 heteroatoms. The summed E-state index contributed by atoms with van der Waals surface area (Å²) < 4.78 is 6.93. The van der Waals surface area contributed by atoms with Crippen LogP contribution in [-0.2, 0) is 11.3 Å². The van der Waals surface area contributed by atoms with Gasteiger partial charge in [0.15, 0.2) is 5.96 Å². The zero-order chi connectivity index (χ0) is 13.9. The van der Waals surface area contributed by atoms with Gasteiger partial charge in [-0.3, -0.25) is 9.67 Å². The maximum Gasteiger partial charge on any atom is 0.191 e. The molecule has 1 aromatic heterocycles. The largest absolute Gasteiger partial charge is 0.385 e. The number of aliphatic imine (C=N–C) groups is 1. The number of aromatic nitrogens is 2. The number of halogens is 1. The summed E-state index contributed by atoms with van der Waals surface area (Å²) in [5, 5.41) is 10.8. The lowest BCUT2D eigenvalue weighted by atomic mass is 10.4. The maximum absolute atomic E-state index is 5.00. The van der Waals surface area contributed by atoms with E-state index in [-0.39, 0.29) is 24.0 Å². The molecule has 0 saturated carbocycles. The minimum atomic E-state index is 0. The maximum atomic E-state index is 5.00. The highest BCUT2D eigenvalue weighted by atomic mass is 127. The third kappa shape index (κ3) is 8.36. The van der Waals surface area contributed by atoms with E-state index in [1.807, 2.05) is 24.0 Å². The van der Waals surface area contributed by atoms with E-state index in [0.717, 1.165) is 45.2 Å². The Morgan fingerprint density at radius 2 is 2.25 bits per heavy atom. The van der Waals surface area contributed by atoms with Gasteiger partial charge in [-0.15, -0.1) is 24.0 Å². The molecule has 0 aliphatic carbocycles. The second-order valence-corrected chi connectivity index (χ2v) is 4.31. The molecule has 116 valence electrons. The smallest absolute Gasteiger partial charge is 0.191 e. The van der Waals surface area contributed by atoms with Gasteiger partial charge in [0.25, 0.3) is 0 Å². The molecule has 0 radical (unpaired) electrons. The summed E-state index contributed by atoms with van der Waals surface area (Å²) in [6, 6.07) is 0. The van der Waals surface area contributed by atoms with Crippen LogP contribution < -0.4 is 10.6 Å². The van der Waals surface area contributed by atoms with Crippen LogP contribution in [-0.4, -0.2) is 49.1 Å². The van der Waals surface area contributed by atoms with Crippen LogP contribution in [0.4, 0.5) is 0 Å². The van der Waals surface area contributed by atoms with Crippen LogP contribution in [0.1, 0.15) is 18.9 Å². The molecule has 1 rings (SSSR count). The Kier molecular flexibility index (Phi) is 11.5. The number of hydrogen-bond acceptors (Lipinski definition) is 3. The molecule has 0 bridgehead atoms. The minimum absolute atomic E-state index is 0. The van der Waals surface area contributed by atoms with E-state index in [1.165, 1.54) is 5.56 Å². The Bertz CT molecular complexity index is 381. The lowest BCUT2D eigenvalue weighted by molar-refractivity contribution is 0.197. The zero-order valence-electron chi connectivity index (χ0n) is 12.6. The normalized spacial score (nSPS) is 11.1. The molecular weight excluding hydrogens is 369 g/mol. The predicted octanol–water partition coefficient (Wildman–Crippen LogP) is 1.40. The average molecular weight is 395 g/mol. The van der Waals surface area contributed by atoms with Crippen LogP contribution in [0.2, 0.25) is 0 Å². The van der Waals surface area contributed by atoms with Gasteiger partial charge in [-0.05, 0) is 25.8 Å². The van der Waals surface area contributed by atoms with Crippen molar-refractivity contribution in [3.05, 3.63) is 18.0 Å². The monoisotopic (exact) mass is 395 g/mol. The number of rotatable bonds is 8. The van der Waals surface area contributed by atoms with Crippen molar-refractivity contribution in [2.24, 2.45) is 4.99 Å². The van der Waals surface area contributed by atoms with Crippen LogP contribution in [0.3, 0.4) is 0 Å². The number of methoxy groups -OCH3 is 1. The number of hydrogen-bond donors (Lipinski definition) is 2. The van der Waals surface area contributed by atoms with Gasteiger partial charge in [-0.2, -0.15) is 5.10 Å². The highest BCUT2D eigenvalue weighted by molar-refractivity contribution is 14.0. The summed E-state index contributed by atoms with van der Waals surface area (Å²) in [6.07, 6.45) is 4.83. The summed E-state index contributed by atoms with van der Waals surface area (Å²) in [5.74, 6) is 0.850. The molecule has 0 atom stereocenters. The van der Waals surface area contributed by atoms with Gasteiger partial charge in [0.05, 0.1) is 12.7 Å². The topological polar surface area (TPSA) is 63.5 Å². The van der Waals surface area contributed by atoms with E-state index >= 15 is 0 Å². The van der Waals surface area contributed by atoms with Gasteiger partial charge in [0.1, 0.15) is 0 Å². The molecule has 1 aromatic rings. The number of guanidine groups is 1. The van der Waals surface area contributed by atoms with Crippen molar-refractivity contribution in [3.63, 3.8) is 0 Å². The van der Waals surface area contributed by atoms with E-state index in [0.29, 0.717) is 0 Å². The van der Waals surface area contributed by atoms with Crippen LogP contribution in [0.25, 0.3) is 0 Å². The predicted molar refractivity (Wildman–Crippen MR) is 92.9 cm³/mol. The second-order valence-electron chi connectivity index (χ2n) is 4.31. The molecule has 0 aliphatic rings. The molecule has 0 spiro atoms. The van der Waals surface area contributed by atoms with E-state index in [4.69, 9.17) is 4.74 Å². The Morgan fingerprint density at radius 1 is 1.45 bits per heavy atom. The summed E-state index contributed by atoms with van der Waals surface area (Å²) in [7, 11) is 1.71. The summed E-state index contributed by atoms with van der Waals surface area (Å²) in [6.45, 7) is 8.10. The van der Waals surface area contributed by atoms with Crippen molar-refractivity contribution >= 4 is 29.9 Å². The molecule has 0 aliphatic heterocycles. The molecule has 20 heavy (non-hydrogen) atoms. The summed E-state index contributed by atoms with van der Waals surface area (Å²) in [5.41, 5.74) is 1.18. The van der Waals surface area contributed by atoms with Gasteiger partial charge >= 0.3 is 0 Å². The van der Waals surface area contributed by atoms with Gasteiger partial charge in [0, 0.05) is 39.5 Å². The highest BCUT2D eigenvalue weighted by Crippen LogP contribution is 1.92. The summed E-state index contributed by atoms with van der Waals surface area (Å²) >= 11 is 0. The Balaban J connectivity index is 0.00000361. The first-order chi connectivity index (χ1) is 9.26. The van der Waals surface area contributed by atoms with E-state index in [2.05, 4.69) is 27.6 Å². The molecule has 0 unspecified atom stereocenters. The van der Waals surface area contributed by atoms with Crippen molar-refractivity contribution in [2.45, 2.75) is 26.8 Å². The highest BCUT2D eigenvalue weighted by Gasteiger charge is 1.97. The van der Waals surface area contributed by atoms with E-state index < -0.39 is 0 Å². The fourth-order valence-corrected chi connectivity index (χ4v) is 1.62. The van der Waals surface area contributed by atoms with Crippen LogP contribution in [0.5, 0.6) is 0 Å². The number of aryl methyl sites for hydroxylation is 1. The van der Waals surface area contributed by atoms with Crippen LogP contribution in [0.15, 0.2) is 17.4 Å². The standard InChI is InChI=1S/C13H25N5O.HI/c1-4-14-13(15-6-5-9-19-3)16-7-8-18-11-12(2)10-17-18;/h10-11H,4-9H2,1-3H3,(H2,14,15,16);1H. The van der Waals surface area contributed by atoms with E-state index in [9.17, 15) is 0 Å². The number of ether oxygens (including phenoxy) is 1. The number of nitrogens with one attached hydrogen (secondary N) is 2. The Morgan fingerprint density at radius 3 is 2.85 bits per heavy atom. The average Bonchev–Trinajstić information content (AvgIpc) is 2.80. The molecule has 0 fully saturated rings. The second kappa shape index (κ2) is 12.0. The first-order valence-corrected chi connectivity index (χ1v) is 6.76. The van der Waals surface area contributed by atoms with Crippen LogP contribution in [0, 0.1) is 6.92 Å². The quantitative estimate of drug-likeness (QED) is 0.302. The van der Waals surface area contributed by atoms with Crippen molar-refractivity contribution < 1.29 is 4.74 Å². The lowest BCUT2D eigenvalue weighted by Crippen LogP contribution is -2.39. The molecule has 1 heterocycles. The Hall–Kier alpha value is -0.830. The first-order valence-electron chi connectivity index (χ1n) is 6.76. The third-order valence-electron chi connectivity index (χ3n) is 2.52. The SMILES string of the molecule is CCNC(=NCCCOC)NCCn1cc(C)cn1.I.